The molecular weight excluding hydrogens is 164 g/mol. The Bertz CT molecular complexity index is 366. The number of rotatable bonds is 1. The molecule has 0 radical (unpaired) electrons. The van der Waals surface area contributed by atoms with Gasteiger partial charge in [-0.2, -0.15) is 0 Å². The van der Waals surface area contributed by atoms with Crippen LogP contribution in [0.2, 0.25) is 0 Å². The summed E-state index contributed by atoms with van der Waals surface area (Å²) in [7, 11) is 0. The number of aromatic nitrogens is 2. The molecule has 0 bridgehead atoms. The van der Waals surface area contributed by atoms with Crippen LogP contribution < -0.4 is 11.2 Å². The van der Waals surface area contributed by atoms with E-state index in [1.54, 1.807) is 0 Å². The Morgan fingerprint density at radius 2 is 2.27 bits per heavy atom. The van der Waals surface area contributed by atoms with E-state index in [-0.39, 0.29) is 4.90 Å². The first-order valence-corrected chi connectivity index (χ1v) is 3.62. The van der Waals surface area contributed by atoms with Crippen molar-refractivity contribution >= 4 is 12.6 Å². The van der Waals surface area contributed by atoms with Gasteiger partial charge >= 0.3 is 5.69 Å². The first kappa shape index (κ1) is 8.13. The minimum atomic E-state index is -0.442. The highest BCUT2D eigenvalue weighted by atomic mass is 32.1. The number of hydrogen-bond acceptors (Lipinski definition) is 3. The maximum Gasteiger partial charge on any atom is 0.328 e. The molecule has 0 spiro atoms. The van der Waals surface area contributed by atoms with E-state index in [9.17, 15) is 9.59 Å². The van der Waals surface area contributed by atoms with Crippen molar-refractivity contribution in [1.29, 1.82) is 0 Å². The fraction of sp³-hybridized carbons (Fsp3) is 0.333. The minimum Gasteiger partial charge on any atom is -0.300 e. The Kier molecular flexibility index (Phi) is 2.19. The van der Waals surface area contributed by atoms with Gasteiger partial charge in [-0.3, -0.25) is 14.3 Å². The average Bonchev–Trinajstić information content (AvgIpc) is 1.97. The SMILES string of the molecule is CCn1cc(S)c(=O)[nH]c1=O. The van der Waals surface area contributed by atoms with Crippen LogP contribution in [0.15, 0.2) is 20.7 Å². The van der Waals surface area contributed by atoms with Crippen molar-refractivity contribution in [2.24, 2.45) is 0 Å². The second kappa shape index (κ2) is 2.96. The van der Waals surface area contributed by atoms with Gasteiger partial charge in [-0.05, 0) is 6.92 Å². The first-order valence-electron chi connectivity index (χ1n) is 3.18. The fourth-order valence-electron chi connectivity index (χ4n) is 0.733. The number of nitrogens with one attached hydrogen (secondary N) is 1. The van der Waals surface area contributed by atoms with Crippen LogP contribution in [0.25, 0.3) is 0 Å². The lowest BCUT2D eigenvalue weighted by Crippen LogP contribution is -2.29. The number of aryl methyl sites for hydroxylation is 1. The van der Waals surface area contributed by atoms with Gasteiger partial charge in [0.2, 0.25) is 0 Å². The molecule has 0 aromatic carbocycles. The fourth-order valence-corrected chi connectivity index (χ4v) is 0.928. The van der Waals surface area contributed by atoms with Gasteiger partial charge in [-0.1, -0.05) is 0 Å². The van der Waals surface area contributed by atoms with Gasteiger partial charge in [0.25, 0.3) is 5.56 Å². The quantitative estimate of drug-likeness (QED) is 0.578. The molecule has 1 aromatic rings. The summed E-state index contributed by atoms with van der Waals surface area (Å²) < 4.78 is 1.38. The van der Waals surface area contributed by atoms with Crippen LogP contribution >= 0.6 is 12.6 Å². The Hall–Kier alpha value is -0.970. The van der Waals surface area contributed by atoms with E-state index in [2.05, 4.69) is 17.6 Å². The summed E-state index contributed by atoms with van der Waals surface area (Å²) in [4.78, 5) is 24.0. The van der Waals surface area contributed by atoms with Crippen LogP contribution in [-0.4, -0.2) is 9.55 Å². The molecule has 0 saturated carbocycles. The molecule has 0 aliphatic heterocycles. The van der Waals surface area contributed by atoms with Crippen molar-refractivity contribution < 1.29 is 0 Å². The normalized spacial score (nSPS) is 10.0. The predicted octanol–water partition coefficient (Wildman–Crippen LogP) is -0.155. The summed E-state index contributed by atoms with van der Waals surface area (Å²) in [6, 6.07) is 0. The van der Waals surface area contributed by atoms with Gasteiger partial charge in [0.1, 0.15) is 0 Å². The number of hydrogen-bond donors (Lipinski definition) is 2. The van der Waals surface area contributed by atoms with E-state index in [4.69, 9.17) is 0 Å². The van der Waals surface area contributed by atoms with E-state index in [0.29, 0.717) is 6.54 Å². The molecule has 0 unspecified atom stereocenters. The molecule has 60 valence electrons. The zero-order chi connectivity index (χ0) is 8.43. The van der Waals surface area contributed by atoms with Gasteiger partial charge in [-0.25, -0.2) is 4.79 Å². The third kappa shape index (κ3) is 1.54. The monoisotopic (exact) mass is 172 g/mol. The lowest BCUT2D eigenvalue weighted by molar-refractivity contribution is 0.677. The third-order valence-corrected chi connectivity index (χ3v) is 1.65. The molecule has 0 aliphatic carbocycles. The molecule has 0 fully saturated rings. The predicted molar refractivity (Wildman–Crippen MR) is 44.2 cm³/mol. The van der Waals surface area contributed by atoms with Crippen LogP contribution in [0.5, 0.6) is 0 Å². The number of aromatic amines is 1. The molecule has 1 aromatic heterocycles. The van der Waals surface area contributed by atoms with Crippen LogP contribution in [0.3, 0.4) is 0 Å². The second-order valence-corrected chi connectivity index (χ2v) is 2.54. The Balaban J connectivity index is 3.45. The van der Waals surface area contributed by atoms with E-state index in [1.165, 1.54) is 10.8 Å². The summed E-state index contributed by atoms with van der Waals surface area (Å²) in [5, 5.41) is 0. The Morgan fingerprint density at radius 1 is 1.64 bits per heavy atom. The van der Waals surface area contributed by atoms with Crippen molar-refractivity contribution in [1.82, 2.24) is 9.55 Å². The molecular formula is C6H8N2O2S. The van der Waals surface area contributed by atoms with Crippen molar-refractivity contribution in [2.75, 3.05) is 0 Å². The van der Waals surface area contributed by atoms with Gasteiger partial charge in [0.05, 0.1) is 4.90 Å². The largest absolute Gasteiger partial charge is 0.328 e. The van der Waals surface area contributed by atoms with Crippen molar-refractivity contribution in [3.8, 4) is 0 Å². The molecule has 0 saturated heterocycles. The second-order valence-electron chi connectivity index (χ2n) is 2.06. The molecule has 0 amide bonds. The Labute approximate surface area is 68.3 Å². The molecule has 11 heavy (non-hydrogen) atoms. The lowest BCUT2D eigenvalue weighted by atomic mass is 10.6. The van der Waals surface area contributed by atoms with Crippen LogP contribution in [0.4, 0.5) is 0 Å². The number of H-pyrrole nitrogens is 1. The maximum atomic E-state index is 10.9. The highest BCUT2D eigenvalue weighted by Crippen LogP contribution is 1.91. The molecule has 4 nitrogen and oxygen atoms in total. The number of nitrogens with zero attached hydrogens (tertiary/aromatic N) is 1. The molecule has 5 heteroatoms. The van der Waals surface area contributed by atoms with E-state index in [0.717, 1.165) is 0 Å². The summed E-state index contributed by atoms with van der Waals surface area (Å²) in [6.45, 7) is 2.34. The van der Waals surface area contributed by atoms with E-state index in [1.807, 2.05) is 6.92 Å². The summed E-state index contributed by atoms with van der Waals surface area (Å²) >= 11 is 3.87. The first-order chi connectivity index (χ1) is 5.15. The van der Waals surface area contributed by atoms with Crippen molar-refractivity contribution in [3.05, 3.63) is 27.0 Å². The molecule has 1 N–H and O–H groups in total. The van der Waals surface area contributed by atoms with Gasteiger partial charge in [0, 0.05) is 12.7 Å². The lowest BCUT2D eigenvalue weighted by Gasteiger charge is -1.99. The summed E-state index contributed by atoms with van der Waals surface area (Å²) in [6.07, 6.45) is 1.42. The molecule has 0 atom stereocenters. The van der Waals surface area contributed by atoms with Gasteiger partial charge < -0.3 is 0 Å². The van der Waals surface area contributed by atoms with Crippen LogP contribution in [0.1, 0.15) is 6.92 Å². The van der Waals surface area contributed by atoms with E-state index < -0.39 is 11.2 Å². The van der Waals surface area contributed by atoms with Gasteiger partial charge in [-0.15, -0.1) is 12.6 Å². The smallest absolute Gasteiger partial charge is 0.300 e. The van der Waals surface area contributed by atoms with E-state index >= 15 is 0 Å². The average molecular weight is 172 g/mol. The molecule has 1 rings (SSSR count). The van der Waals surface area contributed by atoms with Gasteiger partial charge in [0.15, 0.2) is 0 Å². The van der Waals surface area contributed by atoms with Crippen LogP contribution in [-0.2, 0) is 6.54 Å². The summed E-state index contributed by atoms with van der Waals surface area (Å²) in [5.41, 5.74) is -0.835. The zero-order valence-electron chi connectivity index (χ0n) is 6.00. The zero-order valence-corrected chi connectivity index (χ0v) is 6.89. The number of thiol groups is 1. The maximum absolute atomic E-state index is 10.9. The standard InChI is InChI=1S/C6H8N2O2S/c1-2-8-3-4(11)5(9)7-6(8)10/h3,11H,2H2,1H3,(H,7,9,10). The highest BCUT2D eigenvalue weighted by molar-refractivity contribution is 7.80. The topological polar surface area (TPSA) is 54.9 Å². The minimum absolute atomic E-state index is 0.256. The summed E-state index contributed by atoms with van der Waals surface area (Å²) in [5.74, 6) is 0. The highest BCUT2D eigenvalue weighted by Gasteiger charge is 1.97. The third-order valence-electron chi connectivity index (χ3n) is 1.33. The molecule has 0 aliphatic rings. The van der Waals surface area contributed by atoms with Crippen molar-refractivity contribution in [2.45, 2.75) is 18.4 Å². The van der Waals surface area contributed by atoms with Crippen LogP contribution in [0, 0.1) is 0 Å². The van der Waals surface area contributed by atoms with Crippen molar-refractivity contribution in [3.63, 3.8) is 0 Å². The Morgan fingerprint density at radius 3 is 2.82 bits per heavy atom. The molecule has 1 heterocycles.